The van der Waals surface area contributed by atoms with E-state index in [2.05, 4.69) is 10.5 Å². The van der Waals surface area contributed by atoms with E-state index in [0.29, 0.717) is 0 Å². The molecule has 0 radical (unpaired) electrons. The van der Waals surface area contributed by atoms with Gasteiger partial charge in [0, 0.05) is 5.02 Å². The van der Waals surface area contributed by atoms with E-state index in [0.717, 1.165) is 0 Å². The lowest BCUT2D eigenvalue weighted by atomic mass is 10.0. The van der Waals surface area contributed by atoms with Crippen molar-refractivity contribution in [2.45, 2.75) is 0 Å². The number of carbonyl (C=O) groups excluding carboxylic acids is 3. The number of fused-ring (bicyclic) bond motifs is 1. The monoisotopic (exact) mass is 286 g/mol. The van der Waals surface area contributed by atoms with Crippen molar-refractivity contribution in [2.24, 2.45) is 5.16 Å². The molecule has 18 heavy (non-hydrogen) atoms. The van der Waals surface area contributed by atoms with Crippen LogP contribution in [0.5, 0.6) is 0 Å². The predicted octanol–water partition coefficient (Wildman–Crippen LogP) is 1.53. The first-order valence-electron chi connectivity index (χ1n) is 4.57. The van der Waals surface area contributed by atoms with Gasteiger partial charge in [-0.25, -0.2) is 0 Å². The highest BCUT2D eigenvalue weighted by Gasteiger charge is 2.35. The van der Waals surface area contributed by atoms with Crippen molar-refractivity contribution >= 4 is 52.1 Å². The van der Waals surface area contributed by atoms with Crippen LogP contribution in [0.1, 0.15) is 10.4 Å². The third kappa shape index (κ3) is 1.85. The molecule has 8 heteroatoms. The van der Waals surface area contributed by atoms with Crippen LogP contribution < -0.4 is 5.32 Å². The Hall–Kier alpha value is -1.92. The summed E-state index contributed by atoms with van der Waals surface area (Å²) in [6.45, 7) is 0. The maximum atomic E-state index is 11.9. The molecule has 0 saturated heterocycles. The Kier molecular flexibility index (Phi) is 3.06. The summed E-state index contributed by atoms with van der Waals surface area (Å²) in [4.78, 5) is 34.8. The molecular weight excluding hydrogens is 283 g/mol. The second kappa shape index (κ2) is 4.40. The average Bonchev–Trinajstić information content (AvgIpc) is 2.35. The summed E-state index contributed by atoms with van der Waals surface area (Å²) in [6.07, 6.45) is 0. The third-order valence-electron chi connectivity index (χ3n) is 2.27. The number of ketones is 2. The lowest BCUT2D eigenvalue weighted by Crippen LogP contribution is -2.31. The van der Waals surface area contributed by atoms with Crippen molar-refractivity contribution < 1.29 is 19.6 Å². The van der Waals surface area contributed by atoms with Crippen LogP contribution in [0.25, 0.3) is 0 Å². The van der Waals surface area contributed by atoms with Crippen molar-refractivity contribution in [3.63, 3.8) is 0 Å². The molecule has 0 spiro atoms. The maximum absolute atomic E-state index is 11.9. The first-order chi connectivity index (χ1) is 8.45. The van der Waals surface area contributed by atoms with E-state index in [-0.39, 0.29) is 21.3 Å². The Bertz CT molecular complexity index is 625. The van der Waals surface area contributed by atoms with E-state index in [1.807, 2.05) is 0 Å². The Balaban J connectivity index is 2.75. The molecule has 2 rings (SSSR count). The van der Waals surface area contributed by atoms with Crippen molar-refractivity contribution in [3.8, 4) is 0 Å². The summed E-state index contributed by atoms with van der Waals surface area (Å²) in [5.74, 6) is -3.29. The van der Waals surface area contributed by atoms with Gasteiger partial charge in [0.15, 0.2) is 0 Å². The standard InChI is InChI=1S/C10H4Cl2N2O4/c11-3-1-4(12)6-5(2-3)13-10(17)9(16)7(14-18)8(6)15/h1-2,18H,(H,13,17). The zero-order valence-electron chi connectivity index (χ0n) is 8.53. The van der Waals surface area contributed by atoms with Crippen LogP contribution in [0.4, 0.5) is 5.69 Å². The zero-order valence-corrected chi connectivity index (χ0v) is 10.0. The second-order valence-electron chi connectivity index (χ2n) is 3.37. The van der Waals surface area contributed by atoms with Crippen LogP contribution in [0, 0.1) is 0 Å². The number of rotatable bonds is 0. The molecule has 0 atom stereocenters. The molecule has 1 aromatic carbocycles. The molecule has 0 bridgehead atoms. The summed E-state index contributed by atoms with van der Waals surface area (Å²) in [7, 11) is 0. The minimum absolute atomic E-state index is 0.00509. The van der Waals surface area contributed by atoms with E-state index in [1.54, 1.807) is 0 Å². The molecule has 2 N–H and O–H groups in total. The minimum Gasteiger partial charge on any atom is -0.410 e. The highest BCUT2D eigenvalue weighted by Crippen LogP contribution is 2.31. The molecule has 1 aromatic rings. The fourth-order valence-electron chi connectivity index (χ4n) is 1.50. The molecular formula is C10H4Cl2N2O4. The molecule has 1 aliphatic rings. The molecule has 0 fully saturated rings. The van der Waals surface area contributed by atoms with E-state index in [4.69, 9.17) is 28.4 Å². The quantitative estimate of drug-likeness (QED) is 0.429. The molecule has 1 aliphatic heterocycles. The summed E-state index contributed by atoms with van der Waals surface area (Å²) in [6, 6.07) is 2.54. The van der Waals surface area contributed by atoms with Crippen molar-refractivity contribution in [1.29, 1.82) is 0 Å². The predicted molar refractivity (Wildman–Crippen MR) is 63.7 cm³/mol. The number of hydrogen-bond donors (Lipinski definition) is 2. The summed E-state index contributed by atoms with van der Waals surface area (Å²) < 4.78 is 0. The van der Waals surface area contributed by atoms with Crippen LogP contribution >= 0.6 is 23.2 Å². The van der Waals surface area contributed by atoms with E-state index in [1.165, 1.54) is 12.1 Å². The average molecular weight is 287 g/mol. The fourth-order valence-corrected chi connectivity index (χ4v) is 2.08. The smallest absolute Gasteiger partial charge is 0.298 e. The maximum Gasteiger partial charge on any atom is 0.298 e. The second-order valence-corrected chi connectivity index (χ2v) is 4.21. The number of hydrogen-bond acceptors (Lipinski definition) is 5. The highest BCUT2D eigenvalue weighted by molar-refractivity contribution is 6.83. The Morgan fingerprint density at radius 2 is 1.78 bits per heavy atom. The Morgan fingerprint density at radius 3 is 2.39 bits per heavy atom. The van der Waals surface area contributed by atoms with Gasteiger partial charge in [0.1, 0.15) is 0 Å². The van der Waals surface area contributed by atoms with Gasteiger partial charge in [0.25, 0.3) is 11.7 Å². The minimum atomic E-state index is -1.24. The highest BCUT2D eigenvalue weighted by atomic mass is 35.5. The van der Waals surface area contributed by atoms with Gasteiger partial charge in [0.2, 0.25) is 11.5 Å². The first-order valence-corrected chi connectivity index (χ1v) is 5.32. The third-order valence-corrected chi connectivity index (χ3v) is 2.78. The number of halogens is 2. The summed E-state index contributed by atoms with van der Waals surface area (Å²) in [5.41, 5.74) is -1.04. The van der Waals surface area contributed by atoms with Gasteiger partial charge in [-0.15, -0.1) is 0 Å². The van der Waals surface area contributed by atoms with E-state index >= 15 is 0 Å². The number of oxime groups is 1. The largest absolute Gasteiger partial charge is 0.410 e. The van der Waals surface area contributed by atoms with Crippen molar-refractivity contribution in [1.82, 2.24) is 0 Å². The molecule has 92 valence electrons. The summed E-state index contributed by atoms with van der Waals surface area (Å²) in [5, 5.41) is 13.5. The number of nitrogens with zero attached hydrogens (tertiary/aromatic N) is 1. The van der Waals surface area contributed by atoms with Crippen LogP contribution in [-0.4, -0.2) is 28.4 Å². The van der Waals surface area contributed by atoms with Crippen LogP contribution in [0.15, 0.2) is 17.3 Å². The SMILES string of the molecule is O=C1Nc2cc(Cl)cc(Cl)c2C(=O)C(=NO)C1=O. The number of carbonyl (C=O) groups is 3. The van der Waals surface area contributed by atoms with Gasteiger partial charge in [-0.05, 0) is 12.1 Å². The normalized spacial score (nSPS) is 17.4. The van der Waals surface area contributed by atoms with Gasteiger partial charge in [-0.1, -0.05) is 28.4 Å². The number of benzene rings is 1. The number of Topliss-reactive ketones (excluding diaryl/α,β-unsaturated/α-hetero) is 2. The first kappa shape index (κ1) is 12.5. The molecule has 0 aliphatic carbocycles. The lowest BCUT2D eigenvalue weighted by Gasteiger charge is -2.07. The van der Waals surface area contributed by atoms with Crippen molar-refractivity contribution in [3.05, 3.63) is 27.7 Å². The Labute approximate surface area is 110 Å². The molecule has 6 nitrogen and oxygen atoms in total. The van der Waals surface area contributed by atoms with Crippen LogP contribution in [0.2, 0.25) is 10.0 Å². The van der Waals surface area contributed by atoms with Gasteiger partial charge in [-0.3, -0.25) is 14.4 Å². The Morgan fingerprint density at radius 1 is 1.11 bits per heavy atom. The fraction of sp³-hybridized carbons (Fsp3) is 0. The molecule has 0 aromatic heterocycles. The van der Waals surface area contributed by atoms with E-state index in [9.17, 15) is 14.4 Å². The number of anilines is 1. The van der Waals surface area contributed by atoms with Crippen LogP contribution in [-0.2, 0) is 9.59 Å². The van der Waals surface area contributed by atoms with Gasteiger partial charge < -0.3 is 10.5 Å². The number of nitrogens with one attached hydrogen (secondary N) is 1. The number of amides is 1. The van der Waals surface area contributed by atoms with Gasteiger partial charge >= 0.3 is 0 Å². The van der Waals surface area contributed by atoms with Gasteiger partial charge in [0.05, 0.1) is 16.3 Å². The molecule has 1 heterocycles. The van der Waals surface area contributed by atoms with Gasteiger partial charge in [-0.2, -0.15) is 0 Å². The lowest BCUT2D eigenvalue weighted by molar-refractivity contribution is -0.130. The van der Waals surface area contributed by atoms with Crippen LogP contribution in [0.3, 0.4) is 0 Å². The molecule has 1 amide bonds. The molecule has 0 saturated carbocycles. The molecule has 0 unspecified atom stereocenters. The van der Waals surface area contributed by atoms with E-state index < -0.39 is 23.2 Å². The van der Waals surface area contributed by atoms with Crippen molar-refractivity contribution in [2.75, 3.05) is 5.32 Å². The summed E-state index contributed by atoms with van der Waals surface area (Å²) >= 11 is 11.6. The zero-order chi connectivity index (χ0) is 13.4. The topological polar surface area (TPSA) is 95.8 Å².